The smallest absolute Gasteiger partial charge is 0.275 e. The Balaban J connectivity index is 1.68. The number of nitrogens with one attached hydrogen (secondary N) is 1. The Morgan fingerprint density at radius 2 is 1.81 bits per heavy atom. The summed E-state index contributed by atoms with van der Waals surface area (Å²) in [5.74, 6) is 0.305. The van der Waals surface area contributed by atoms with Gasteiger partial charge in [-0.3, -0.25) is 14.4 Å². The van der Waals surface area contributed by atoms with Crippen molar-refractivity contribution in [2.24, 2.45) is 0 Å². The third kappa shape index (κ3) is 4.13. The van der Waals surface area contributed by atoms with E-state index in [9.17, 15) is 14.4 Å². The second kappa shape index (κ2) is 7.98. The maximum absolute atomic E-state index is 12.7. The van der Waals surface area contributed by atoms with Crippen molar-refractivity contribution < 1.29 is 9.59 Å². The molecule has 31 heavy (non-hydrogen) atoms. The number of hydrogen-bond acceptors (Lipinski definition) is 5. The number of amides is 1. The van der Waals surface area contributed by atoms with Crippen LogP contribution < -0.4 is 10.9 Å². The zero-order chi connectivity index (χ0) is 22.1. The predicted molar refractivity (Wildman–Crippen MR) is 117 cm³/mol. The number of ketones is 1. The van der Waals surface area contributed by atoms with Crippen LogP contribution in [0.5, 0.6) is 0 Å². The number of hydrogen-bond donors (Lipinski definition) is 1. The first-order valence-electron chi connectivity index (χ1n) is 9.77. The van der Waals surface area contributed by atoms with Gasteiger partial charge in [-0.05, 0) is 39.0 Å². The van der Waals surface area contributed by atoms with Crippen molar-refractivity contribution in [2.75, 3.05) is 5.32 Å². The molecule has 1 amide bonds. The van der Waals surface area contributed by atoms with E-state index in [0.29, 0.717) is 22.8 Å². The fourth-order valence-electron chi connectivity index (χ4n) is 3.36. The standard InChI is InChI=1S/C23H21N5O3/c1-14-6-4-8-18(10-14)22-25-23-27(15(2)11-21(31)28(23)26-22)13-20(30)24-19-9-5-7-17(12-19)16(3)29/h4-12H,13H2,1-3H3,(H,24,30). The summed E-state index contributed by atoms with van der Waals surface area (Å²) in [7, 11) is 0. The number of aryl methyl sites for hydroxylation is 2. The second-order valence-corrected chi connectivity index (χ2v) is 7.41. The topological polar surface area (TPSA) is 98.4 Å². The van der Waals surface area contributed by atoms with E-state index in [1.807, 2.05) is 31.2 Å². The van der Waals surface area contributed by atoms with Crippen LogP contribution in [0.2, 0.25) is 0 Å². The molecule has 0 aliphatic carbocycles. The van der Waals surface area contributed by atoms with Gasteiger partial charge in [0.05, 0.1) is 0 Å². The van der Waals surface area contributed by atoms with Crippen LogP contribution in [-0.4, -0.2) is 30.9 Å². The monoisotopic (exact) mass is 415 g/mol. The van der Waals surface area contributed by atoms with Crippen molar-refractivity contribution in [3.05, 3.63) is 81.8 Å². The van der Waals surface area contributed by atoms with Crippen LogP contribution in [0.25, 0.3) is 17.2 Å². The minimum absolute atomic E-state index is 0.0636. The lowest BCUT2D eigenvalue weighted by molar-refractivity contribution is -0.116. The molecule has 0 aliphatic rings. The highest BCUT2D eigenvalue weighted by Gasteiger charge is 2.16. The largest absolute Gasteiger partial charge is 0.325 e. The van der Waals surface area contributed by atoms with E-state index in [1.165, 1.54) is 17.5 Å². The van der Waals surface area contributed by atoms with Crippen molar-refractivity contribution in [1.29, 1.82) is 0 Å². The number of carbonyl (C=O) groups is 2. The molecule has 0 atom stereocenters. The molecule has 2 aromatic heterocycles. The molecular formula is C23H21N5O3. The maximum atomic E-state index is 12.7. The summed E-state index contributed by atoms with van der Waals surface area (Å²) in [5, 5.41) is 7.14. The van der Waals surface area contributed by atoms with Gasteiger partial charge >= 0.3 is 0 Å². The molecule has 0 unspecified atom stereocenters. The molecule has 8 heteroatoms. The van der Waals surface area contributed by atoms with E-state index >= 15 is 0 Å². The molecule has 0 fully saturated rings. The van der Waals surface area contributed by atoms with Crippen molar-refractivity contribution in [2.45, 2.75) is 27.3 Å². The number of Topliss-reactive ketones (excluding diaryl/α,β-unsaturated/α-hetero) is 1. The Kier molecular flexibility index (Phi) is 5.21. The van der Waals surface area contributed by atoms with E-state index in [1.54, 1.807) is 35.8 Å². The van der Waals surface area contributed by atoms with Gasteiger partial charge in [0, 0.05) is 28.6 Å². The van der Waals surface area contributed by atoms with E-state index in [-0.39, 0.29) is 29.6 Å². The molecule has 156 valence electrons. The highest BCUT2D eigenvalue weighted by atomic mass is 16.2. The Morgan fingerprint density at radius 3 is 2.55 bits per heavy atom. The van der Waals surface area contributed by atoms with Gasteiger partial charge in [0.1, 0.15) is 6.54 Å². The summed E-state index contributed by atoms with van der Waals surface area (Å²) < 4.78 is 2.84. The molecule has 0 bridgehead atoms. The minimum atomic E-state index is -0.315. The summed E-state index contributed by atoms with van der Waals surface area (Å²) in [4.78, 5) is 41.3. The molecular weight excluding hydrogens is 394 g/mol. The summed E-state index contributed by atoms with van der Waals surface area (Å²) in [5.41, 5.74) is 3.15. The third-order valence-corrected chi connectivity index (χ3v) is 4.93. The lowest BCUT2D eigenvalue weighted by Crippen LogP contribution is -2.25. The quantitative estimate of drug-likeness (QED) is 0.505. The van der Waals surface area contributed by atoms with Gasteiger partial charge in [0.25, 0.3) is 5.56 Å². The van der Waals surface area contributed by atoms with Crippen LogP contribution in [0.1, 0.15) is 28.5 Å². The zero-order valence-electron chi connectivity index (χ0n) is 17.4. The number of nitrogens with zero attached hydrogens (tertiary/aromatic N) is 4. The van der Waals surface area contributed by atoms with Crippen molar-refractivity contribution in [3.8, 4) is 11.4 Å². The Morgan fingerprint density at radius 1 is 1.03 bits per heavy atom. The third-order valence-electron chi connectivity index (χ3n) is 4.93. The molecule has 8 nitrogen and oxygen atoms in total. The molecule has 1 N–H and O–H groups in total. The van der Waals surface area contributed by atoms with E-state index in [0.717, 1.165) is 11.1 Å². The van der Waals surface area contributed by atoms with Gasteiger partial charge in [-0.2, -0.15) is 9.50 Å². The summed E-state index contributed by atoms with van der Waals surface area (Å²) in [6, 6.07) is 15.8. The Bertz CT molecular complexity index is 1380. The molecule has 0 radical (unpaired) electrons. The average molecular weight is 415 g/mol. The number of aromatic nitrogens is 4. The van der Waals surface area contributed by atoms with Gasteiger partial charge in [-0.1, -0.05) is 35.9 Å². The fraction of sp³-hybridized carbons (Fsp3) is 0.174. The summed E-state index contributed by atoms with van der Waals surface area (Å²) >= 11 is 0. The number of anilines is 1. The normalized spacial score (nSPS) is 10.9. The molecule has 0 saturated heterocycles. The molecule has 2 aromatic carbocycles. The number of fused-ring (bicyclic) bond motifs is 1. The van der Waals surface area contributed by atoms with E-state index in [4.69, 9.17) is 0 Å². The van der Waals surface area contributed by atoms with Crippen molar-refractivity contribution >= 4 is 23.2 Å². The highest BCUT2D eigenvalue weighted by molar-refractivity contribution is 5.97. The first-order valence-corrected chi connectivity index (χ1v) is 9.77. The number of rotatable bonds is 5. The van der Waals surface area contributed by atoms with Crippen LogP contribution in [0.3, 0.4) is 0 Å². The van der Waals surface area contributed by atoms with Gasteiger partial charge in [0.15, 0.2) is 11.6 Å². The summed E-state index contributed by atoms with van der Waals surface area (Å²) in [6.45, 7) is 5.12. The van der Waals surface area contributed by atoms with Gasteiger partial charge in [0.2, 0.25) is 11.7 Å². The first kappa shape index (κ1) is 20.2. The molecule has 4 aromatic rings. The van der Waals surface area contributed by atoms with E-state index < -0.39 is 0 Å². The number of carbonyl (C=O) groups excluding carboxylic acids is 2. The first-order chi connectivity index (χ1) is 14.8. The summed E-state index contributed by atoms with van der Waals surface area (Å²) in [6.07, 6.45) is 0. The molecule has 0 aliphatic heterocycles. The lowest BCUT2D eigenvalue weighted by atomic mass is 10.1. The Labute approximate surface area is 178 Å². The van der Waals surface area contributed by atoms with Gasteiger partial charge in [-0.25, -0.2) is 0 Å². The van der Waals surface area contributed by atoms with Crippen LogP contribution in [0.4, 0.5) is 5.69 Å². The molecule has 4 rings (SSSR count). The average Bonchev–Trinajstić information content (AvgIpc) is 3.17. The SMILES string of the molecule is CC(=O)c1cccc(NC(=O)Cn2c(C)cc(=O)n3nc(-c4cccc(C)c4)nc23)c1. The molecule has 0 saturated carbocycles. The maximum Gasteiger partial charge on any atom is 0.275 e. The zero-order valence-corrected chi connectivity index (χ0v) is 17.4. The molecule has 0 spiro atoms. The fourth-order valence-corrected chi connectivity index (χ4v) is 3.36. The predicted octanol–water partition coefficient (Wildman–Crippen LogP) is 3.02. The van der Waals surface area contributed by atoms with Crippen LogP contribution >= 0.6 is 0 Å². The second-order valence-electron chi connectivity index (χ2n) is 7.41. The Hall–Kier alpha value is -4.07. The van der Waals surface area contributed by atoms with Crippen LogP contribution in [-0.2, 0) is 11.3 Å². The van der Waals surface area contributed by atoms with E-state index in [2.05, 4.69) is 15.4 Å². The highest BCUT2D eigenvalue weighted by Crippen LogP contribution is 2.18. The van der Waals surface area contributed by atoms with Gasteiger partial charge < -0.3 is 9.88 Å². The van der Waals surface area contributed by atoms with Crippen LogP contribution in [0, 0.1) is 13.8 Å². The van der Waals surface area contributed by atoms with Crippen LogP contribution in [0.15, 0.2) is 59.4 Å². The van der Waals surface area contributed by atoms with Gasteiger partial charge in [-0.15, -0.1) is 5.10 Å². The number of benzene rings is 2. The molecule has 2 heterocycles. The lowest BCUT2D eigenvalue weighted by Gasteiger charge is -2.12. The minimum Gasteiger partial charge on any atom is -0.325 e. The van der Waals surface area contributed by atoms with Crippen molar-refractivity contribution in [1.82, 2.24) is 19.2 Å². The van der Waals surface area contributed by atoms with Crippen molar-refractivity contribution in [3.63, 3.8) is 0 Å².